The van der Waals surface area contributed by atoms with E-state index in [1.165, 1.54) is 4.80 Å². The predicted molar refractivity (Wildman–Crippen MR) is 99.3 cm³/mol. The molecular formula is C19H20N6O. The second kappa shape index (κ2) is 8.66. The SMILES string of the molecule is CCC/C(=N/NC(=O)Cn1nnc(-c2ccccc2)n1)c1ccccc1. The second-order valence-corrected chi connectivity index (χ2v) is 5.72. The van der Waals surface area contributed by atoms with Crippen molar-refractivity contribution in [3.63, 3.8) is 0 Å². The monoisotopic (exact) mass is 348 g/mol. The molecule has 0 saturated carbocycles. The van der Waals surface area contributed by atoms with Gasteiger partial charge in [-0.15, -0.1) is 10.2 Å². The van der Waals surface area contributed by atoms with Gasteiger partial charge in [0.1, 0.15) is 6.54 Å². The zero-order chi connectivity index (χ0) is 18.2. The molecule has 132 valence electrons. The van der Waals surface area contributed by atoms with Gasteiger partial charge in [-0.05, 0) is 17.2 Å². The van der Waals surface area contributed by atoms with E-state index in [1.54, 1.807) is 0 Å². The van der Waals surface area contributed by atoms with Crippen molar-refractivity contribution >= 4 is 11.6 Å². The third-order valence-corrected chi connectivity index (χ3v) is 3.68. The number of hydrogen-bond donors (Lipinski definition) is 1. The maximum absolute atomic E-state index is 12.2. The normalized spacial score (nSPS) is 11.3. The number of rotatable bonds is 7. The van der Waals surface area contributed by atoms with Crippen LogP contribution in [0.3, 0.4) is 0 Å². The molecule has 0 unspecified atom stereocenters. The summed E-state index contributed by atoms with van der Waals surface area (Å²) in [5.74, 6) is 0.185. The summed E-state index contributed by atoms with van der Waals surface area (Å²) in [6, 6.07) is 19.3. The Balaban J connectivity index is 1.64. The molecule has 0 atom stereocenters. The molecule has 1 N–H and O–H groups in total. The summed E-state index contributed by atoms with van der Waals surface area (Å²) in [5.41, 5.74) is 5.28. The van der Waals surface area contributed by atoms with Crippen molar-refractivity contribution in [2.75, 3.05) is 0 Å². The molecule has 0 radical (unpaired) electrons. The summed E-state index contributed by atoms with van der Waals surface area (Å²) in [7, 11) is 0. The number of hydrazone groups is 1. The third kappa shape index (κ3) is 4.60. The number of tetrazole rings is 1. The minimum atomic E-state index is -0.299. The van der Waals surface area contributed by atoms with Crippen LogP contribution in [0.2, 0.25) is 0 Å². The highest BCUT2D eigenvalue weighted by atomic mass is 16.2. The molecule has 3 aromatic rings. The van der Waals surface area contributed by atoms with E-state index < -0.39 is 0 Å². The van der Waals surface area contributed by atoms with Crippen LogP contribution in [-0.4, -0.2) is 31.8 Å². The molecule has 0 aliphatic carbocycles. The standard InChI is InChI=1S/C19H20N6O/c1-2-9-17(15-10-5-3-6-11-15)20-21-18(26)14-25-23-19(22-24-25)16-12-7-4-8-13-16/h3-8,10-13H,2,9,14H2,1H3,(H,21,26)/b20-17-. The Morgan fingerprint density at radius 3 is 2.46 bits per heavy atom. The fourth-order valence-corrected chi connectivity index (χ4v) is 2.44. The number of nitrogens with zero attached hydrogens (tertiary/aromatic N) is 5. The van der Waals surface area contributed by atoms with Gasteiger partial charge in [0, 0.05) is 5.56 Å². The molecule has 0 aliphatic rings. The molecular weight excluding hydrogens is 328 g/mol. The Kier molecular flexibility index (Phi) is 5.82. The number of amides is 1. The van der Waals surface area contributed by atoms with Crippen LogP contribution in [-0.2, 0) is 11.3 Å². The molecule has 7 heteroatoms. The van der Waals surface area contributed by atoms with Gasteiger partial charge in [0.15, 0.2) is 0 Å². The predicted octanol–water partition coefficient (Wildman–Crippen LogP) is 2.66. The number of carbonyl (C=O) groups excluding carboxylic acids is 1. The van der Waals surface area contributed by atoms with Gasteiger partial charge in [0.05, 0.1) is 5.71 Å². The third-order valence-electron chi connectivity index (χ3n) is 3.68. The Hall–Kier alpha value is -3.35. The Morgan fingerprint density at radius 2 is 1.77 bits per heavy atom. The Labute approximate surface area is 151 Å². The lowest BCUT2D eigenvalue weighted by atomic mass is 10.1. The van der Waals surface area contributed by atoms with E-state index in [0.717, 1.165) is 29.7 Å². The van der Waals surface area contributed by atoms with Crippen LogP contribution in [0, 0.1) is 0 Å². The average Bonchev–Trinajstić information content (AvgIpc) is 3.15. The van der Waals surface area contributed by atoms with Crippen LogP contribution in [0.25, 0.3) is 11.4 Å². The van der Waals surface area contributed by atoms with Gasteiger partial charge in [-0.3, -0.25) is 4.79 Å². The van der Waals surface area contributed by atoms with Crippen molar-refractivity contribution in [2.24, 2.45) is 5.10 Å². The minimum Gasteiger partial charge on any atom is -0.271 e. The van der Waals surface area contributed by atoms with Crippen molar-refractivity contribution in [1.82, 2.24) is 25.6 Å². The fraction of sp³-hybridized carbons (Fsp3) is 0.211. The largest absolute Gasteiger partial charge is 0.271 e. The molecule has 3 rings (SSSR count). The lowest BCUT2D eigenvalue weighted by Crippen LogP contribution is -2.25. The highest BCUT2D eigenvalue weighted by Crippen LogP contribution is 2.11. The van der Waals surface area contributed by atoms with E-state index in [4.69, 9.17) is 0 Å². The van der Waals surface area contributed by atoms with E-state index in [9.17, 15) is 4.79 Å². The van der Waals surface area contributed by atoms with Crippen LogP contribution in [0.15, 0.2) is 65.8 Å². The van der Waals surface area contributed by atoms with E-state index in [-0.39, 0.29) is 12.5 Å². The first kappa shape index (κ1) is 17.5. The molecule has 26 heavy (non-hydrogen) atoms. The molecule has 0 aliphatic heterocycles. The van der Waals surface area contributed by atoms with Crippen molar-refractivity contribution in [2.45, 2.75) is 26.3 Å². The molecule has 1 aromatic heterocycles. The van der Waals surface area contributed by atoms with Crippen LogP contribution >= 0.6 is 0 Å². The smallest absolute Gasteiger partial charge is 0.263 e. The summed E-state index contributed by atoms with van der Waals surface area (Å²) in [6.45, 7) is 2.03. The summed E-state index contributed by atoms with van der Waals surface area (Å²) < 4.78 is 0. The Bertz CT molecular complexity index is 873. The van der Waals surface area contributed by atoms with Gasteiger partial charge in [-0.1, -0.05) is 74.0 Å². The molecule has 0 bridgehead atoms. The first-order valence-corrected chi connectivity index (χ1v) is 8.50. The first-order chi connectivity index (χ1) is 12.8. The van der Waals surface area contributed by atoms with Crippen molar-refractivity contribution in [1.29, 1.82) is 0 Å². The molecule has 0 spiro atoms. The van der Waals surface area contributed by atoms with Gasteiger partial charge in [-0.25, -0.2) is 5.43 Å². The average molecular weight is 348 g/mol. The van der Waals surface area contributed by atoms with Gasteiger partial charge < -0.3 is 0 Å². The Morgan fingerprint density at radius 1 is 1.08 bits per heavy atom. The lowest BCUT2D eigenvalue weighted by molar-refractivity contribution is -0.122. The van der Waals surface area contributed by atoms with Crippen molar-refractivity contribution in [3.8, 4) is 11.4 Å². The maximum atomic E-state index is 12.2. The van der Waals surface area contributed by atoms with Gasteiger partial charge in [0.25, 0.3) is 5.91 Å². The van der Waals surface area contributed by atoms with E-state index in [0.29, 0.717) is 5.82 Å². The van der Waals surface area contributed by atoms with Crippen LogP contribution in [0.1, 0.15) is 25.3 Å². The topological polar surface area (TPSA) is 85.1 Å². The number of hydrogen-bond acceptors (Lipinski definition) is 5. The van der Waals surface area contributed by atoms with E-state index >= 15 is 0 Å². The van der Waals surface area contributed by atoms with Crippen LogP contribution in [0.4, 0.5) is 0 Å². The van der Waals surface area contributed by atoms with Gasteiger partial charge in [-0.2, -0.15) is 9.90 Å². The quantitative estimate of drug-likeness (QED) is 0.525. The molecule has 0 saturated heterocycles. The highest BCUT2D eigenvalue weighted by Gasteiger charge is 2.09. The number of nitrogens with one attached hydrogen (secondary N) is 1. The van der Waals surface area contributed by atoms with Crippen molar-refractivity contribution < 1.29 is 4.79 Å². The second-order valence-electron chi connectivity index (χ2n) is 5.72. The van der Waals surface area contributed by atoms with Gasteiger partial charge in [0.2, 0.25) is 5.82 Å². The number of aromatic nitrogens is 4. The fourth-order valence-electron chi connectivity index (χ4n) is 2.44. The molecule has 7 nitrogen and oxygen atoms in total. The summed E-state index contributed by atoms with van der Waals surface area (Å²) in [6.07, 6.45) is 1.72. The van der Waals surface area contributed by atoms with Gasteiger partial charge >= 0.3 is 0 Å². The molecule has 0 fully saturated rings. The van der Waals surface area contributed by atoms with Crippen LogP contribution in [0.5, 0.6) is 0 Å². The lowest BCUT2D eigenvalue weighted by Gasteiger charge is -2.06. The molecule has 1 heterocycles. The summed E-state index contributed by atoms with van der Waals surface area (Å²) in [4.78, 5) is 13.4. The zero-order valence-electron chi connectivity index (χ0n) is 14.5. The van der Waals surface area contributed by atoms with E-state index in [1.807, 2.05) is 60.7 Å². The summed E-state index contributed by atoms with van der Waals surface area (Å²) in [5, 5.41) is 16.4. The number of benzene rings is 2. The van der Waals surface area contributed by atoms with E-state index in [2.05, 4.69) is 32.9 Å². The molecule has 2 aromatic carbocycles. The first-order valence-electron chi connectivity index (χ1n) is 8.50. The van der Waals surface area contributed by atoms with Crippen molar-refractivity contribution in [3.05, 3.63) is 66.2 Å². The number of carbonyl (C=O) groups is 1. The molecule has 1 amide bonds. The summed E-state index contributed by atoms with van der Waals surface area (Å²) >= 11 is 0. The maximum Gasteiger partial charge on any atom is 0.263 e. The minimum absolute atomic E-state index is 0.0441. The van der Waals surface area contributed by atoms with Crippen LogP contribution < -0.4 is 5.43 Å². The highest BCUT2D eigenvalue weighted by molar-refractivity contribution is 6.01. The zero-order valence-corrected chi connectivity index (χ0v) is 14.5.